The summed E-state index contributed by atoms with van der Waals surface area (Å²) in [6, 6.07) is 17.1. The molecule has 0 aliphatic carbocycles. The van der Waals surface area contributed by atoms with Crippen molar-refractivity contribution in [3.63, 3.8) is 0 Å². The average molecular weight is 436 g/mol. The van der Waals surface area contributed by atoms with E-state index in [4.69, 9.17) is 11.6 Å². The Bertz CT molecular complexity index is 1090. The van der Waals surface area contributed by atoms with E-state index in [1.54, 1.807) is 23.0 Å². The molecule has 2 aromatic carbocycles. The monoisotopic (exact) mass is 435 g/mol. The smallest absolute Gasteiger partial charge is 0.243 e. The van der Waals surface area contributed by atoms with Gasteiger partial charge in [-0.1, -0.05) is 41.9 Å². The maximum atomic E-state index is 12.4. The van der Waals surface area contributed by atoms with E-state index in [1.807, 2.05) is 48.7 Å². The van der Waals surface area contributed by atoms with Gasteiger partial charge >= 0.3 is 0 Å². The molecule has 1 aliphatic heterocycles. The second kappa shape index (κ2) is 9.57. The molecule has 0 atom stereocenters. The SMILES string of the molecule is O=C(CCC(=O)N1CCC(c2ccccc2)=N1)NCc1cnn(-c2ccc(Cl)cc2)c1. The molecule has 4 rings (SSSR count). The van der Waals surface area contributed by atoms with E-state index in [0.29, 0.717) is 18.1 Å². The van der Waals surface area contributed by atoms with E-state index in [9.17, 15) is 9.59 Å². The van der Waals surface area contributed by atoms with Gasteiger partial charge < -0.3 is 5.32 Å². The molecule has 7 nitrogen and oxygen atoms in total. The predicted octanol–water partition coefficient (Wildman–Crippen LogP) is 3.56. The molecular formula is C23H22ClN5O2. The summed E-state index contributed by atoms with van der Waals surface area (Å²) in [6.45, 7) is 0.898. The van der Waals surface area contributed by atoms with Crippen molar-refractivity contribution < 1.29 is 9.59 Å². The second-order valence-electron chi connectivity index (χ2n) is 7.23. The summed E-state index contributed by atoms with van der Waals surface area (Å²) in [5, 5.41) is 13.7. The van der Waals surface area contributed by atoms with Gasteiger partial charge in [-0.15, -0.1) is 0 Å². The highest BCUT2D eigenvalue weighted by atomic mass is 35.5. The van der Waals surface area contributed by atoms with E-state index in [2.05, 4.69) is 15.5 Å². The lowest BCUT2D eigenvalue weighted by Crippen LogP contribution is -2.27. The van der Waals surface area contributed by atoms with E-state index in [-0.39, 0.29) is 24.7 Å². The van der Waals surface area contributed by atoms with Gasteiger partial charge in [0.15, 0.2) is 0 Å². The van der Waals surface area contributed by atoms with E-state index < -0.39 is 0 Å². The Labute approximate surface area is 185 Å². The van der Waals surface area contributed by atoms with Crippen LogP contribution in [0.1, 0.15) is 30.4 Å². The average Bonchev–Trinajstić information content (AvgIpc) is 3.47. The van der Waals surface area contributed by atoms with Crippen LogP contribution in [0.4, 0.5) is 0 Å². The van der Waals surface area contributed by atoms with Gasteiger partial charge in [-0.05, 0) is 29.8 Å². The van der Waals surface area contributed by atoms with Gasteiger partial charge in [0.05, 0.1) is 24.1 Å². The Hall–Kier alpha value is -3.45. The lowest BCUT2D eigenvalue weighted by Gasteiger charge is -2.11. The topological polar surface area (TPSA) is 79.6 Å². The number of hydrazone groups is 1. The van der Waals surface area contributed by atoms with Crippen molar-refractivity contribution >= 4 is 29.1 Å². The third-order valence-electron chi connectivity index (χ3n) is 4.98. The fraction of sp³-hybridized carbons (Fsp3) is 0.217. The number of nitrogens with one attached hydrogen (secondary N) is 1. The van der Waals surface area contributed by atoms with Gasteiger partial charge in [-0.25, -0.2) is 9.69 Å². The number of halogens is 1. The lowest BCUT2D eigenvalue weighted by molar-refractivity contribution is -0.133. The molecule has 0 saturated carbocycles. The number of hydrogen-bond donors (Lipinski definition) is 1. The van der Waals surface area contributed by atoms with Gasteiger partial charge in [0, 0.05) is 42.6 Å². The molecule has 0 radical (unpaired) electrons. The number of aromatic nitrogens is 2. The molecule has 0 fully saturated rings. The zero-order valence-corrected chi connectivity index (χ0v) is 17.6. The minimum absolute atomic E-state index is 0.122. The van der Waals surface area contributed by atoms with Crippen molar-refractivity contribution in [1.82, 2.24) is 20.1 Å². The maximum Gasteiger partial charge on any atom is 0.243 e. The Balaban J connectivity index is 1.23. The van der Waals surface area contributed by atoms with E-state index in [1.165, 1.54) is 5.01 Å². The minimum atomic E-state index is -0.181. The van der Waals surface area contributed by atoms with Crippen molar-refractivity contribution in [2.45, 2.75) is 25.8 Å². The zero-order valence-electron chi connectivity index (χ0n) is 16.9. The van der Waals surface area contributed by atoms with Crippen LogP contribution in [0.15, 0.2) is 72.1 Å². The second-order valence-corrected chi connectivity index (χ2v) is 7.66. The van der Waals surface area contributed by atoms with Gasteiger partial charge in [-0.2, -0.15) is 10.2 Å². The third-order valence-corrected chi connectivity index (χ3v) is 5.23. The van der Waals surface area contributed by atoms with Crippen LogP contribution in [0.5, 0.6) is 0 Å². The first kappa shape index (κ1) is 20.8. The lowest BCUT2D eigenvalue weighted by atomic mass is 10.1. The Morgan fingerprint density at radius 3 is 2.58 bits per heavy atom. The molecule has 0 bridgehead atoms. The van der Waals surface area contributed by atoms with Gasteiger partial charge in [0.25, 0.3) is 0 Å². The van der Waals surface area contributed by atoms with Crippen molar-refractivity contribution in [3.05, 3.63) is 83.1 Å². The van der Waals surface area contributed by atoms with Crippen molar-refractivity contribution in [1.29, 1.82) is 0 Å². The molecule has 1 aliphatic rings. The number of nitrogens with zero attached hydrogens (tertiary/aromatic N) is 4. The quantitative estimate of drug-likeness (QED) is 0.616. The van der Waals surface area contributed by atoms with Gasteiger partial charge in [0.2, 0.25) is 11.8 Å². The Kier molecular flexibility index (Phi) is 6.43. The number of rotatable bonds is 7. The van der Waals surface area contributed by atoms with Crippen molar-refractivity contribution in [3.8, 4) is 5.69 Å². The minimum Gasteiger partial charge on any atom is -0.352 e. The summed E-state index contributed by atoms with van der Waals surface area (Å²) >= 11 is 5.91. The van der Waals surface area contributed by atoms with Gasteiger partial charge in [-0.3, -0.25) is 9.59 Å². The number of benzene rings is 2. The number of amides is 2. The van der Waals surface area contributed by atoms with Crippen molar-refractivity contribution in [2.24, 2.45) is 5.10 Å². The fourth-order valence-electron chi connectivity index (χ4n) is 3.30. The summed E-state index contributed by atoms with van der Waals surface area (Å²) in [6.07, 6.45) is 4.51. The van der Waals surface area contributed by atoms with E-state index >= 15 is 0 Å². The molecule has 0 spiro atoms. The van der Waals surface area contributed by atoms with E-state index in [0.717, 1.165) is 28.9 Å². The highest BCUT2D eigenvalue weighted by Gasteiger charge is 2.21. The summed E-state index contributed by atoms with van der Waals surface area (Å²) in [7, 11) is 0. The van der Waals surface area contributed by atoms with Crippen LogP contribution in [0.3, 0.4) is 0 Å². The molecule has 158 valence electrons. The molecule has 1 aromatic heterocycles. The Morgan fingerprint density at radius 2 is 1.81 bits per heavy atom. The third kappa shape index (κ3) is 5.38. The number of carbonyl (C=O) groups excluding carboxylic acids is 2. The highest BCUT2D eigenvalue weighted by molar-refractivity contribution is 6.30. The zero-order chi connectivity index (χ0) is 21.6. The van der Waals surface area contributed by atoms with Crippen LogP contribution in [0.25, 0.3) is 5.69 Å². The molecule has 8 heteroatoms. The highest BCUT2D eigenvalue weighted by Crippen LogP contribution is 2.15. The maximum absolute atomic E-state index is 12.4. The van der Waals surface area contributed by atoms with Crippen LogP contribution >= 0.6 is 11.6 Å². The predicted molar refractivity (Wildman–Crippen MR) is 119 cm³/mol. The Morgan fingerprint density at radius 1 is 1.03 bits per heavy atom. The normalized spacial score (nSPS) is 13.2. The first-order valence-corrected chi connectivity index (χ1v) is 10.5. The number of hydrogen-bond acceptors (Lipinski definition) is 4. The molecule has 0 unspecified atom stereocenters. The molecule has 2 amide bonds. The van der Waals surface area contributed by atoms with Crippen LogP contribution in [-0.4, -0.2) is 38.9 Å². The van der Waals surface area contributed by atoms with Crippen molar-refractivity contribution in [2.75, 3.05) is 6.54 Å². The summed E-state index contributed by atoms with van der Waals surface area (Å²) in [4.78, 5) is 24.6. The molecule has 3 aromatic rings. The van der Waals surface area contributed by atoms with Crippen LogP contribution in [0.2, 0.25) is 5.02 Å². The van der Waals surface area contributed by atoms with Crippen LogP contribution in [-0.2, 0) is 16.1 Å². The van der Waals surface area contributed by atoms with Crippen LogP contribution in [0, 0.1) is 0 Å². The fourth-order valence-corrected chi connectivity index (χ4v) is 3.42. The summed E-state index contributed by atoms with van der Waals surface area (Å²) in [5.74, 6) is -0.323. The standard InChI is InChI=1S/C23H22ClN5O2/c24-19-6-8-20(9-7-19)29-16-17(15-26-29)14-25-22(30)10-11-23(31)28-13-12-21(27-28)18-4-2-1-3-5-18/h1-9,15-16H,10-14H2,(H,25,30). The largest absolute Gasteiger partial charge is 0.352 e. The molecule has 0 saturated heterocycles. The summed E-state index contributed by atoms with van der Waals surface area (Å²) < 4.78 is 1.72. The molecule has 31 heavy (non-hydrogen) atoms. The molecular weight excluding hydrogens is 414 g/mol. The molecule has 2 heterocycles. The first-order valence-electron chi connectivity index (χ1n) is 10.1. The van der Waals surface area contributed by atoms with Gasteiger partial charge in [0.1, 0.15) is 0 Å². The number of carbonyl (C=O) groups is 2. The first-order chi connectivity index (χ1) is 15.1. The molecule has 1 N–H and O–H groups in total. The van der Waals surface area contributed by atoms with Crippen LogP contribution < -0.4 is 5.32 Å². The summed E-state index contributed by atoms with van der Waals surface area (Å²) in [5.41, 5.74) is 3.67.